The Labute approximate surface area is 161 Å². The van der Waals surface area contributed by atoms with Gasteiger partial charge in [-0.15, -0.1) is 0 Å². The van der Waals surface area contributed by atoms with E-state index in [-0.39, 0.29) is 32.3 Å². The van der Waals surface area contributed by atoms with Crippen molar-refractivity contribution in [3.8, 4) is 5.75 Å². The molecule has 0 unspecified atom stereocenters. The molecule has 0 saturated carbocycles. The number of para-hydroxylation sites is 2. The fraction of sp³-hybridized carbons (Fsp3) is 0.0476. The summed E-state index contributed by atoms with van der Waals surface area (Å²) in [5.41, 5.74) is 0.783. The molecule has 1 N–H and O–H groups in total. The molecule has 0 fully saturated rings. The van der Waals surface area contributed by atoms with E-state index in [1.165, 1.54) is 37.4 Å². The minimum absolute atomic E-state index is 0.0465. The summed E-state index contributed by atoms with van der Waals surface area (Å²) >= 11 is 0. The van der Waals surface area contributed by atoms with Crippen LogP contribution < -0.4 is 10.1 Å². The van der Waals surface area contributed by atoms with Crippen molar-refractivity contribution >= 4 is 27.2 Å². The topological polar surface area (TPSA) is 89.5 Å². The summed E-state index contributed by atoms with van der Waals surface area (Å²) in [5, 5.41) is 2.70. The van der Waals surface area contributed by atoms with Gasteiger partial charge in [0.05, 0.1) is 22.6 Å². The zero-order valence-electron chi connectivity index (χ0n) is 14.8. The first kappa shape index (κ1) is 17.9. The first-order valence-corrected chi connectivity index (χ1v) is 9.89. The largest absolute Gasteiger partial charge is 0.495 e. The van der Waals surface area contributed by atoms with E-state index >= 15 is 0 Å². The number of benzene rings is 3. The van der Waals surface area contributed by atoms with E-state index in [9.17, 15) is 18.0 Å². The maximum Gasteiger partial charge on any atom is 0.255 e. The van der Waals surface area contributed by atoms with Crippen LogP contribution in [0.5, 0.6) is 5.75 Å². The number of ether oxygens (including phenoxy) is 1. The van der Waals surface area contributed by atoms with Crippen LogP contribution in [0.15, 0.2) is 76.5 Å². The summed E-state index contributed by atoms with van der Waals surface area (Å²) in [6.07, 6.45) is 0. The van der Waals surface area contributed by atoms with E-state index in [1.54, 1.807) is 36.4 Å². The highest BCUT2D eigenvalue weighted by atomic mass is 32.2. The van der Waals surface area contributed by atoms with Crippen molar-refractivity contribution < 1.29 is 22.7 Å². The zero-order chi connectivity index (χ0) is 19.9. The minimum atomic E-state index is -3.90. The van der Waals surface area contributed by atoms with Gasteiger partial charge in [-0.25, -0.2) is 8.42 Å². The molecule has 0 bridgehead atoms. The molecule has 1 aliphatic heterocycles. The summed E-state index contributed by atoms with van der Waals surface area (Å²) in [5.74, 6) is -0.406. The lowest BCUT2D eigenvalue weighted by atomic mass is 10.0. The molecule has 4 rings (SSSR count). The Balaban J connectivity index is 1.76. The third kappa shape index (κ3) is 2.76. The number of fused-ring (bicyclic) bond motifs is 2. The quantitative estimate of drug-likeness (QED) is 0.577. The number of methoxy groups -OCH3 is 1. The lowest BCUT2D eigenvalue weighted by Gasteiger charge is -2.19. The molecule has 1 aliphatic rings. The van der Waals surface area contributed by atoms with Gasteiger partial charge in [-0.3, -0.25) is 9.59 Å². The van der Waals surface area contributed by atoms with Gasteiger partial charge in [0, 0.05) is 16.7 Å². The predicted molar refractivity (Wildman–Crippen MR) is 103 cm³/mol. The Bertz CT molecular complexity index is 1230. The molecule has 0 aromatic heterocycles. The average Bonchev–Trinajstić information content (AvgIpc) is 2.72. The van der Waals surface area contributed by atoms with E-state index in [1.807, 2.05) is 0 Å². The van der Waals surface area contributed by atoms with Gasteiger partial charge in [0.1, 0.15) is 5.75 Å². The van der Waals surface area contributed by atoms with Crippen LogP contribution in [0.2, 0.25) is 0 Å². The number of ketones is 1. The summed E-state index contributed by atoms with van der Waals surface area (Å²) in [6.45, 7) is 0. The third-order valence-electron chi connectivity index (χ3n) is 4.55. The Morgan fingerprint density at radius 1 is 0.893 bits per heavy atom. The molecule has 3 aromatic rings. The number of hydrogen-bond acceptors (Lipinski definition) is 5. The zero-order valence-corrected chi connectivity index (χ0v) is 15.6. The molecule has 0 saturated heterocycles. The number of rotatable bonds is 3. The standard InChI is InChI=1S/C21H15NO5S/c1-27-17-8-4-3-7-16(17)22-21(24)13-10-11-15-19(12-13)28(25,26)18-9-5-2-6-14(18)20(15)23/h2-12H,1H3,(H,22,24). The van der Waals surface area contributed by atoms with Crippen LogP contribution >= 0.6 is 0 Å². The highest BCUT2D eigenvalue weighted by molar-refractivity contribution is 7.91. The van der Waals surface area contributed by atoms with Gasteiger partial charge >= 0.3 is 0 Å². The van der Waals surface area contributed by atoms with Crippen LogP contribution in [0.4, 0.5) is 5.69 Å². The number of carbonyl (C=O) groups excluding carboxylic acids is 2. The van der Waals surface area contributed by atoms with Gasteiger partial charge in [0.25, 0.3) is 5.91 Å². The Hall–Kier alpha value is -3.45. The molecule has 6 nitrogen and oxygen atoms in total. The van der Waals surface area contributed by atoms with Crippen molar-refractivity contribution in [3.05, 3.63) is 83.4 Å². The van der Waals surface area contributed by atoms with Crippen LogP contribution in [-0.4, -0.2) is 27.2 Å². The van der Waals surface area contributed by atoms with Crippen molar-refractivity contribution in [2.75, 3.05) is 12.4 Å². The first-order chi connectivity index (χ1) is 13.4. The molecule has 0 atom stereocenters. The van der Waals surface area contributed by atoms with Crippen LogP contribution in [0, 0.1) is 0 Å². The van der Waals surface area contributed by atoms with Gasteiger partial charge in [0.15, 0.2) is 5.78 Å². The number of nitrogens with one attached hydrogen (secondary N) is 1. The Morgan fingerprint density at radius 3 is 2.36 bits per heavy atom. The minimum Gasteiger partial charge on any atom is -0.495 e. The molecule has 0 aliphatic carbocycles. The fourth-order valence-corrected chi connectivity index (χ4v) is 4.85. The van der Waals surface area contributed by atoms with E-state index in [0.717, 1.165) is 0 Å². The molecule has 3 aromatic carbocycles. The van der Waals surface area contributed by atoms with Crippen LogP contribution in [0.25, 0.3) is 0 Å². The molecule has 1 heterocycles. The highest BCUT2D eigenvalue weighted by Gasteiger charge is 2.35. The molecule has 1 amide bonds. The second-order valence-electron chi connectivity index (χ2n) is 6.19. The maximum absolute atomic E-state index is 13.0. The molecule has 0 radical (unpaired) electrons. The molecule has 140 valence electrons. The van der Waals surface area contributed by atoms with Crippen molar-refractivity contribution in [3.63, 3.8) is 0 Å². The van der Waals surface area contributed by atoms with Gasteiger partial charge in [-0.2, -0.15) is 0 Å². The average molecular weight is 393 g/mol. The lowest BCUT2D eigenvalue weighted by Crippen LogP contribution is -2.21. The van der Waals surface area contributed by atoms with Gasteiger partial charge in [-0.05, 0) is 42.5 Å². The third-order valence-corrected chi connectivity index (χ3v) is 6.41. The van der Waals surface area contributed by atoms with Crippen LogP contribution in [0.3, 0.4) is 0 Å². The smallest absolute Gasteiger partial charge is 0.255 e. The Kier molecular flexibility index (Phi) is 4.24. The fourth-order valence-electron chi connectivity index (χ4n) is 3.17. The number of sulfone groups is 1. The highest BCUT2D eigenvalue weighted by Crippen LogP contribution is 2.35. The van der Waals surface area contributed by atoms with Gasteiger partial charge < -0.3 is 10.1 Å². The SMILES string of the molecule is COc1ccccc1NC(=O)c1ccc2c(c1)S(=O)(=O)c1ccccc1C2=O. The van der Waals surface area contributed by atoms with Crippen molar-refractivity contribution in [1.82, 2.24) is 0 Å². The second-order valence-corrected chi connectivity index (χ2v) is 8.08. The summed E-state index contributed by atoms with van der Waals surface area (Å²) in [6, 6.07) is 17.0. The Morgan fingerprint density at radius 2 is 1.57 bits per heavy atom. The number of carbonyl (C=O) groups is 2. The van der Waals surface area contributed by atoms with Crippen molar-refractivity contribution in [2.24, 2.45) is 0 Å². The summed E-state index contributed by atoms with van der Waals surface area (Å²) in [4.78, 5) is 25.1. The summed E-state index contributed by atoms with van der Waals surface area (Å²) in [7, 11) is -2.42. The molecule has 0 spiro atoms. The van der Waals surface area contributed by atoms with E-state index < -0.39 is 15.7 Å². The van der Waals surface area contributed by atoms with E-state index in [2.05, 4.69) is 5.32 Å². The molecular weight excluding hydrogens is 378 g/mol. The molecular formula is C21H15NO5S. The van der Waals surface area contributed by atoms with E-state index in [0.29, 0.717) is 11.4 Å². The number of anilines is 1. The van der Waals surface area contributed by atoms with Gasteiger partial charge in [-0.1, -0.05) is 24.3 Å². The number of amides is 1. The van der Waals surface area contributed by atoms with Gasteiger partial charge in [0.2, 0.25) is 9.84 Å². The second kappa shape index (κ2) is 6.61. The molecule has 28 heavy (non-hydrogen) atoms. The number of hydrogen-bond donors (Lipinski definition) is 1. The maximum atomic E-state index is 13.0. The first-order valence-electron chi connectivity index (χ1n) is 8.40. The lowest BCUT2D eigenvalue weighted by molar-refractivity contribution is 0.101. The van der Waals surface area contributed by atoms with Crippen molar-refractivity contribution in [1.29, 1.82) is 0 Å². The summed E-state index contributed by atoms with van der Waals surface area (Å²) < 4.78 is 31.1. The van der Waals surface area contributed by atoms with Crippen LogP contribution in [-0.2, 0) is 9.84 Å². The monoisotopic (exact) mass is 393 g/mol. The van der Waals surface area contributed by atoms with E-state index in [4.69, 9.17) is 4.74 Å². The normalized spacial score (nSPS) is 14.0. The van der Waals surface area contributed by atoms with Crippen LogP contribution in [0.1, 0.15) is 26.3 Å². The molecule has 7 heteroatoms. The predicted octanol–water partition coefficient (Wildman–Crippen LogP) is 3.32. The van der Waals surface area contributed by atoms with Crippen molar-refractivity contribution in [2.45, 2.75) is 9.79 Å².